The fourth-order valence-electron chi connectivity index (χ4n) is 2.94. The van der Waals surface area contributed by atoms with E-state index in [4.69, 9.17) is 4.98 Å². The molecular weight excluding hydrogens is 246 g/mol. The number of nitrogens with one attached hydrogen (secondary N) is 1. The van der Waals surface area contributed by atoms with Crippen LogP contribution in [0, 0.1) is 5.92 Å². The first-order valence-corrected chi connectivity index (χ1v) is 8.14. The Morgan fingerprint density at radius 1 is 1.35 bits per heavy atom. The predicted molar refractivity (Wildman–Crippen MR) is 86.1 cm³/mol. The summed E-state index contributed by atoms with van der Waals surface area (Å²) in [6, 6.07) is 7.12. The van der Waals surface area contributed by atoms with Crippen molar-refractivity contribution >= 4 is 5.82 Å². The van der Waals surface area contributed by atoms with Crippen LogP contribution >= 0.6 is 0 Å². The highest BCUT2D eigenvalue weighted by Crippen LogP contribution is 2.25. The molecule has 1 aromatic rings. The Morgan fingerprint density at radius 3 is 2.95 bits per heavy atom. The molecule has 3 nitrogen and oxygen atoms in total. The highest BCUT2D eigenvalue weighted by atomic mass is 15.2. The first-order valence-electron chi connectivity index (χ1n) is 8.14. The monoisotopic (exact) mass is 275 g/mol. The summed E-state index contributed by atoms with van der Waals surface area (Å²) >= 11 is 0. The molecule has 2 rings (SSSR count). The molecular formula is C17H29N3. The minimum Gasteiger partial charge on any atom is -0.354 e. The highest BCUT2D eigenvalue weighted by molar-refractivity contribution is 5.41. The Labute approximate surface area is 123 Å². The van der Waals surface area contributed by atoms with Crippen LogP contribution in [0.5, 0.6) is 0 Å². The highest BCUT2D eigenvalue weighted by Gasteiger charge is 2.21. The van der Waals surface area contributed by atoms with Gasteiger partial charge in [0.15, 0.2) is 0 Å². The maximum absolute atomic E-state index is 4.85. The lowest BCUT2D eigenvalue weighted by Crippen LogP contribution is -2.39. The van der Waals surface area contributed by atoms with Gasteiger partial charge in [-0.05, 0) is 50.3 Å². The number of aromatic nitrogens is 1. The lowest BCUT2D eigenvalue weighted by molar-refractivity contribution is 0.446. The van der Waals surface area contributed by atoms with Crippen LogP contribution in [0.3, 0.4) is 0 Å². The summed E-state index contributed by atoms with van der Waals surface area (Å²) in [5.41, 5.74) is 1.16. The van der Waals surface area contributed by atoms with Crippen molar-refractivity contribution in [1.29, 1.82) is 0 Å². The Bertz CT molecular complexity index is 403. The van der Waals surface area contributed by atoms with Crippen LogP contribution in [-0.4, -0.2) is 24.1 Å². The molecule has 3 heteroatoms. The molecule has 0 radical (unpaired) electrons. The van der Waals surface area contributed by atoms with Gasteiger partial charge >= 0.3 is 0 Å². The molecule has 1 unspecified atom stereocenters. The van der Waals surface area contributed by atoms with E-state index < -0.39 is 0 Å². The van der Waals surface area contributed by atoms with Gasteiger partial charge in [0, 0.05) is 19.1 Å². The number of hydrogen-bond donors (Lipinski definition) is 1. The molecule has 1 aliphatic heterocycles. The van der Waals surface area contributed by atoms with Gasteiger partial charge in [-0.2, -0.15) is 0 Å². The Morgan fingerprint density at radius 2 is 2.20 bits per heavy atom. The molecule has 1 aromatic heterocycles. The van der Waals surface area contributed by atoms with Crippen molar-refractivity contribution in [3.63, 3.8) is 0 Å². The number of hydrogen-bond acceptors (Lipinski definition) is 3. The molecule has 2 heterocycles. The maximum Gasteiger partial charge on any atom is 0.129 e. The summed E-state index contributed by atoms with van der Waals surface area (Å²) in [7, 11) is 0. The largest absolute Gasteiger partial charge is 0.354 e. The molecule has 1 aliphatic rings. The van der Waals surface area contributed by atoms with Gasteiger partial charge in [0.25, 0.3) is 0 Å². The van der Waals surface area contributed by atoms with Crippen molar-refractivity contribution in [2.75, 3.05) is 18.0 Å². The van der Waals surface area contributed by atoms with Crippen molar-refractivity contribution in [3.05, 3.63) is 23.9 Å². The molecule has 0 spiro atoms. The van der Waals surface area contributed by atoms with Crippen LogP contribution < -0.4 is 10.2 Å². The average Bonchev–Trinajstić information content (AvgIpc) is 2.47. The van der Waals surface area contributed by atoms with Crippen molar-refractivity contribution in [2.45, 2.75) is 59.0 Å². The van der Waals surface area contributed by atoms with E-state index >= 15 is 0 Å². The zero-order valence-electron chi connectivity index (χ0n) is 13.2. The molecule has 1 N–H and O–H groups in total. The van der Waals surface area contributed by atoms with Crippen molar-refractivity contribution in [1.82, 2.24) is 10.3 Å². The molecule has 0 amide bonds. The van der Waals surface area contributed by atoms with Gasteiger partial charge in [0.2, 0.25) is 0 Å². The molecule has 1 saturated heterocycles. The van der Waals surface area contributed by atoms with Gasteiger partial charge in [-0.1, -0.05) is 26.8 Å². The van der Waals surface area contributed by atoms with Gasteiger partial charge in [-0.25, -0.2) is 4.98 Å². The Balaban J connectivity index is 2.00. The standard InChI is InChI=1S/C17H29N3/c1-4-16-9-5-6-11-20(16)17-10-7-8-15(19-17)13-18-12-14(2)3/h7-8,10,14,16,18H,4-6,9,11-13H2,1-3H3. The summed E-state index contributed by atoms with van der Waals surface area (Å²) < 4.78 is 0. The van der Waals surface area contributed by atoms with Crippen LogP contribution in [0.15, 0.2) is 18.2 Å². The number of nitrogens with zero attached hydrogens (tertiary/aromatic N) is 2. The molecule has 1 fully saturated rings. The second kappa shape index (κ2) is 7.63. The number of rotatable bonds is 6. The van der Waals surface area contributed by atoms with Gasteiger partial charge in [-0.15, -0.1) is 0 Å². The third kappa shape index (κ3) is 4.20. The third-order valence-corrected chi connectivity index (χ3v) is 4.04. The summed E-state index contributed by atoms with van der Waals surface area (Å²) in [5, 5.41) is 3.48. The van der Waals surface area contributed by atoms with E-state index in [-0.39, 0.29) is 0 Å². The average molecular weight is 275 g/mol. The minimum absolute atomic E-state index is 0.676. The second-order valence-corrected chi connectivity index (χ2v) is 6.26. The molecule has 0 aliphatic carbocycles. The summed E-state index contributed by atoms with van der Waals surface area (Å²) in [5.74, 6) is 1.85. The van der Waals surface area contributed by atoms with E-state index in [2.05, 4.69) is 49.2 Å². The van der Waals surface area contributed by atoms with Crippen LogP contribution in [0.25, 0.3) is 0 Å². The van der Waals surface area contributed by atoms with Gasteiger partial charge in [0.1, 0.15) is 5.82 Å². The Hall–Kier alpha value is -1.09. The zero-order valence-corrected chi connectivity index (χ0v) is 13.2. The van der Waals surface area contributed by atoms with Crippen LogP contribution in [-0.2, 0) is 6.54 Å². The summed E-state index contributed by atoms with van der Waals surface area (Å²) in [6.45, 7) is 9.84. The lowest BCUT2D eigenvalue weighted by atomic mass is 10.00. The van der Waals surface area contributed by atoms with Crippen molar-refractivity contribution in [2.24, 2.45) is 5.92 Å². The zero-order chi connectivity index (χ0) is 14.4. The van der Waals surface area contributed by atoms with E-state index in [9.17, 15) is 0 Å². The van der Waals surface area contributed by atoms with E-state index in [1.54, 1.807) is 0 Å². The first-order chi connectivity index (χ1) is 9.70. The third-order valence-electron chi connectivity index (χ3n) is 4.04. The molecule has 1 atom stereocenters. The van der Waals surface area contributed by atoms with Gasteiger partial charge in [-0.3, -0.25) is 0 Å². The van der Waals surface area contributed by atoms with E-state index in [0.29, 0.717) is 12.0 Å². The van der Waals surface area contributed by atoms with Crippen LogP contribution in [0.1, 0.15) is 52.1 Å². The van der Waals surface area contributed by atoms with E-state index in [0.717, 1.165) is 25.3 Å². The van der Waals surface area contributed by atoms with Crippen molar-refractivity contribution < 1.29 is 0 Å². The Kier molecular flexibility index (Phi) is 5.84. The van der Waals surface area contributed by atoms with Crippen LogP contribution in [0.4, 0.5) is 5.82 Å². The van der Waals surface area contributed by atoms with Crippen LogP contribution in [0.2, 0.25) is 0 Å². The maximum atomic E-state index is 4.85. The van der Waals surface area contributed by atoms with Gasteiger partial charge in [0.05, 0.1) is 5.69 Å². The van der Waals surface area contributed by atoms with E-state index in [1.165, 1.54) is 31.5 Å². The summed E-state index contributed by atoms with van der Waals surface area (Å²) in [4.78, 5) is 7.36. The summed E-state index contributed by atoms with van der Waals surface area (Å²) in [6.07, 6.45) is 5.20. The lowest BCUT2D eigenvalue weighted by Gasteiger charge is -2.36. The van der Waals surface area contributed by atoms with E-state index in [1.807, 2.05) is 0 Å². The normalized spacial score (nSPS) is 19.6. The first kappa shape index (κ1) is 15.3. The fraction of sp³-hybridized carbons (Fsp3) is 0.706. The topological polar surface area (TPSA) is 28.2 Å². The van der Waals surface area contributed by atoms with Gasteiger partial charge < -0.3 is 10.2 Å². The number of piperidine rings is 1. The molecule has 0 bridgehead atoms. The second-order valence-electron chi connectivity index (χ2n) is 6.26. The molecule has 0 aromatic carbocycles. The quantitative estimate of drug-likeness (QED) is 0.860. The fourth-order valence-corrected chi connectivity index (χ4v) is 2.94. The number of pyridine rings is 1. The SMILES string of the molecule is CCC1CCCCN1c1cccc(CNCC(C)C)n1. The smallest absolute Gasteiger partial charge is 0.129 e. The van der Waals surface area contributed by atoms with Crippen molar-refractivity contribution in [3.8, 4) is 0 Å². The molecule has 112 valence electrons. The molecule has 0 saturated carbocycles. The number of anilines is 1. The predicted octanol–water partition coefficient (Wildman–Crippen LogP) is 3.60. The molecule has 20 heavy (non-hydrogen) atoms. The minimum atomic E-state index is 0.676.